The number of hydrogen-bond acceptors (Lipinski definition) is 5. The minimum absolute atomic E-state index is 0.0810. The van der Waals surface area contributed by atoms with E-state index in [2.05, 4.69) is 26.2 Å². The van der Waals surface area contributed by atoms with Crippen molar-refractivity contribution in [2.45, 2.75) is 56.7 Å². The van der Waals surface area contributed by atoms with Gasteiger partial charge in [-0.1, -0.05) is 53.2 Å². The number of aromatic nitrogens is 1. The van der Waals surface area contributed by atoms with Crippen LogP contribution in [0.5, 0.6) is 0 Å². The first-order chi connectivity index (χ1) is 20.5. The zero-order valence-electron chi connectivity index (χ0n) is 24.4. The van der Waals surface area contributed by atoms with E-state index in [1.807, 2.05) is 92.9 Å². The summed E-state index contributed by atoms with van der Waals surface area (Å²) in [6.45, 7) is 5.99. The fourth-order valence-corrected chi connectivity index (χ4v) is 10.1. The summed E-state index contributed by atoms with van der Waals surface area (Å²) in [5.74, 6) is -0.549. The minimum Gasteiger partial charge on any atom is -0.432 e. The first-order valence-electron chi connectivity index (χ1n) is 14.6. The van der Waals surface area contributed by atoms with Crippen molar-refractivity contribution >= 4 is 58.3 Å². The van der Waals surface area contributed by atoms with Gasteiger partial charge in [-0.15, -0.1) is 0 Å². The minimum atomic E-state index is -2.75. The van der Waals surface area contributed by atoms with E-state index in [-0.39, 0.29) is 36.3 Å². The number of rotatable bonds is 8. The predicted octanol–water partition coefficient (Wildman–Crippen LogP) is 5.84. The number of benzene rings is 3. The maximum absolute atomic E-state index is 14.4. The SMILES string of the molecule is C[C@@H]1[C@@H]([Si](C)(C)O)[C@H](CCO)O[C@@]12C(=O)N(Cc1ccc(NC(=O)Cc3c[nH]c4ccccc34)cc1)c1ccc(Br)cc12. The summed E-state index contributed by atoms with van der Waals surface area (Å²) in [6.07, 6.45) is 2.07. The van der Waals surface area contributed by atoms with E-state index in [1.165, 1.54) is 0 Å². The van der Waals surface area contributed by atoms with Crippen LogP contribution in [0.1, 0.15) is 30.0 Å². The molecular weight excluding hydrogens is 626 g/mol. The standard InChI is InChI=1S/C33H36BrN3O5Si/c1-20-31(43(2,3)41)29(14-15-38)42-33(20)26-17-23(34)10-13-28(26)37(32(33)40)19-21-8-11-24(12-9-21)36-30(39)16-22-18-35-27-7-5-4-6-25(22)27/h4-13,17-18,20,29,31,35,38,41H,14-16,19H2,1-3H3,(H,36,39)/t20-,29+,31-,33+/m1/s1. The third-order valence-electron chi connectivity index (χ3n) is 8.96. The number of nitrogens with zero attached hydrogens (tertiary/aromatic N) is 1. The quantitative estimate of drug-likeness (QED) is 0.177. The molecular formula is C33H36BrN3O5Si. The summed E-state index contributed by atoms with van der Waals surface area (Å²) in [7, 11) is -2.75. The van der Waals surface area contributed by atoms with Gasteiger partial charge in [-0.25, -0.2) is 0 Å². The number of hydrogen-bond donors (Lipinski definition) is 4. The van der Waals surface area contributed by atoms with Crippen molar-refractivity contribution < 1.29 is 24.2 Å². The van der Waals surface area contributed by atoms with Gasteiger partial charge in [0.1, 0.15) is 0 Å². The lowest BCUT2D eigenvalue weighted by atomic mass is 9.82. The van der Waals surface area contributed by atoms with Gasteiger partial charge in [0.2, 0.25) is 5.91 Å². The molecule has 0 saturated carbocycles. The van der Waals surface area contributed by atoms with E-state index in [1.54, 1.807) is 4.90 Å². The Kier molecular flexibility index (Phi) is 7.85. The average Bonchev–Trinajstić information content (AvgIpc) is 3.57. The Bertz CT molecular complexity index is 1680. The molecule has 3 aromatic carbocycles. The monoisotopic (exact) mass is 661 g/mol. The zero-order valence-corrected chi connectivity index (χ0v) is 27.0. The molecule has 0 radical (unpaired) electrons. The Balaban J connectivity index is 1.22. The molecule has 43 heavy (non-hydrogen) atoms. The van der Waals surface area contributed by atoms with Gasteiger partial charge in [-0.3, -0.25) is 9.59 Å². The summed E-state index contributed by atoms with van der Waals surface area (Å²) in [5.41, 5.74) is 3.62. The molecule has 4 aromatic rings. The molecule has 2 aliphatic heterocycles. The second-order valence-electron chi connectivity index (χ2n) is 12.2. The molecule has 224 valence electrons. The molecule has 4 N–H and O–H groups in total. The highest BCUT2D eigenvalue weighted by Gasteiger charge is 2.66. The van der Waals surface area contributed by atoms with Crippen LogP contribution in [0.3, 0.4) is 0 Å². The number of aliphatic hydroxyl groups excluding tert-OH is 1. The number of aromatic amines is 1. The van der Waals surface area contributed by atoms with Gasteiger partial charge < -0.3 is 29.8 Å². The lowest BCUT2D eigenvalue weighted by molar-refractivity contribution is -0.146. The molecule has 1 spiro atoms. The van der Waals surface area contributed by atoms with Crippen LogP contribution in [0, 0.1) is 5.92 Å². The third-order valence-corrected chi connectivity index (χ3v) is 12.0. The summed E-state index contributed by atoms with van der Waals surface area (Å²) in [5, 5.41) is 13.8. The van der Waals surface area contributed by atoms with Crippen LogP contribution in [-0.4, -0.2) is 47.7 Å². The molecule has 0 aliphatic carbocycles. The van der Waals surface area contributed by atoms with E-state index < -0.39 is 20.0 Å². The van der Waals surface area contributed by atoms with Crippen molar-refractivity contribution in [3.8, 4) is 0 Å². The molecule has 8 nitrogen and oxygen atoms in total. The Morgan fingerprint density at radius 1 is 1.14 bits per heavy atom. The van der Waals surface area contributed by atoms with Crippen molar-refractivity contribution in [3.63, 3.8) is 0 Å². The Morgan fingerprint density at radius 3 is 2.60 bits per heavy atom. The number of aliphatic hydroxyl groups is 1. The molecule has 4 atom stereocenters. The number of fused-ring (bicyclic) bond motifs is 3. The summed E-state index contributed by atoms with van der Waals surface area (Å²) >= 11 is 3.58. The maximum Gasteiger partial charge on any atom is 0.264 e. The highest BCUT2D eigenvalue weighted by atomic mass is 79.9. The largest absolute Gasteiger partial charge is 0.432 e. The predicted molar refractivity (Wildman–Crippen MR) is 173 cm³/mol. The van der Waals surface area contributed by atoms with Gasteiger partial charge >= 0.3 is 0 Å². The Labute approximate surface area is 260 Å². The van der Waals surface area contributed by atoms with Gasteiger partial charge in [-0.2, -0.15) is 0 Å². The molecule has 2 amide bonds. The van der Waals surface area contributed by atoms with E-state index in [4.69, 9.17) is 4.74 Å². The molecule has 1 fully saturated rings. The van der Waals surface area contributed by atoms with Crippen LogP contribution in [0.2, 0.25) is 18.6 Å². The third kappa shape index (κ3) is 5.25. The zero-order chi connectivity index (χ0) is 30.5. The number of H-pyrrole nitrogens is 1. The number of para-hydroxylation sites is 1. The Hall–Kier alpha value is -3.28. The molecule has 10 heteroatoms. The molecule has 3 heterocycles. The maximum atomic E-state index is 14.4. The van der Waals surface area contributed by atoms with Crippen molar-refractivity contribution in [1.82, 2.24) is 4.98 Å². The lowest BCUT2D eigenvalue weighted by Crippen LogP contribution is -2.46. The number of anilines is 2. The van der Waals surface area contributed by atoms with Crippen molar-refractivity contribution in [2.24, 2.45) is 5.92 Å². The van der Waals surface area contributed by atoms with E-state index >= 15 is 0 Å². The fourth-order valence-electron chi connectivity index (χ4n) is 7.14. The van der Waals surface area contributed by atoms with Crippen molar-refractivity contribution in [2.75, 3.05) is 16.8 Å². The van der Waals surface area contributed by atoms with Crippen molar-refractivity contribution in [3.05, 3.63) is 94.1 Å². The second kappa shape index (κ2) is 11.3. The molecule has 1 saturated heterocycles. The average molecular weight is 663 g/mol. The first-order valence-corrected chi connectivity index (χ1v) is 18.4. The normalized spacial score (nSPS) is 23.3. The van der Waals surface area contributed by atoms with E-state index in [0.717, 1.165) is 37.8 Å². The van der Waals surface area contributed by atoms with Gasteiger partial charge in [-0.05, 0) is 67.0 Å². The number of halogens is 1. The van der Waals surface area contributed by atoms with Crippen LogP contribution in [0.15, 0.2) is 77.4 Å². The summed E-state index contributed by atoms with van der Waals surface area (Å²) in [4.78, 5) is 43.4. The topological polar surface area (TPSA) is 115 Å². The number of ether oxygens (including phenoxy) is 1. The molecule has 0 unspecified atom stereocenters. The van der Waals surface area contributed by atoms with Gasteiger partial charge in [0.15, 0.2) is 13.9 Å². The van der Waals surface area contributed by atoms with E-state index in [0.29, 0.717) is 18.7 Å². The van der Waals surface area contributed by atoms with Crippen molar-refractivity contribution in [1.29, 1.82) is 0 Å². The highest BCUT2D eigenvalue weighted by Crippen LogP contribution is 2.60. The molecule has 2 aliphatic rings. The number of carbonyl (C=O) groups excluding carboxylic acids is 2. The highest BCUT2D eigenvalue weighted by molar-refractivity contribution is 9.10. The second-order valence-corrected chi connectivity index (χ2v) is 17.1. The lowest BCUT2D eigenvalue weighted by Gasteiger charge is -2.32. The summed E-state index contributed by atoms with van der Waals surface area (Å²) in [6, 6.07) is 21.2. The number of amides is 2. The van der Waals surface area contributed by atoms with Crippen LogP contribution < -0.4 is 10.2 Å². The van der Waals surface area contributed by atoms with Crippen LogP contribution in [0.4, 0.5) is 11.4 Å². The van der Waals surface area contributed by atoms with Crippen LogP contribution >= 0.6 is 15.9 Å². The molecule has 1 aromatic heterocycles. The molecule has 0 bridgehead atoms. The van der Waals surface area contributed by atoms with Crippen LogP contribution in [-0.2, 0) is 32.9 Å². The van der Waals surface area contributed by atoms with Gasteiger partial charge in [0.05, 0.1) is 24.8 Å². The van der Waals surface area contributed by atoms with E-state index in [9.17, 15) is 19.5 Å². The summed E-state index contributed by atoms with van der Waals surface area (Å²) < 4.78 is 7.49. The number of carbonyl (C=O) groups is 2. The number of nitrogens with one attached hydrogen (secondary N) is 2. The van der Waals surface area contributed by atoms with Gasteiger partial charge in [0, 0.05) is 50.9 Å². The Morgan fingerprint density at radius 2 is 1.88 bits per heavy atom. The first kappa shape index (κ1) is 29.8. The smallest absolute Gasteiger partial charge is 0.264 e. The van der Waals surface area contributed by atoms with Crippen LogP contribution in [0.25, 0.3) is 10.9 Å². The molecule has 6 rings (SSSR count). The fraction of sp³-hybridized carbons (Fsp3) is 0.333. The van der Waals surface area contributed by atoms with Gasteiger partial charge in [0.25, 0.3) is 5.91 Å².